The van der Waals surface area contributed by atoms with E-state index < -0.39 is 32.5 Å². The molecule has 0 aliphatic carbocycles. The van der Waals surface area contributed by atoms with Gasteiger partial charge in [-0.25, -0.2) is 16.8 Å². The van der Waals surface area contributed by atoms with E-state index in [1.165, 1.54) is 40.7 Å². The summed E-state index contributed by atoms with van der Waals surface area (Å²) in [5.74, 6) is -0.545. The van der Waals surface area contributed by atoms with Crippen molar-refractivity contribution in [2.24, 2.45) is 0 Å². The molecule has 0 aromatic heterocycles. The second kappa shape index (κ2) is 12.1. The van der Waals surface area contributed by atoms with E-state index in [0.29, 0.717) is 31.9 Å². The number of carbonyl (C=O) groups excluding carboxylic acids is 1. The minimum atomic E-state index is -3.97. The lowest BCUT2D eigenvalue weighted by Gasteiger charge is -2.31. The summed E-state index contributed by atoms with van der Waals surface area (Å²) in [5.41, 5.74) is 1.09. The molecule has 1 fully saturated rings. The number of benzene rings is 3. The van der Waals surface area contributed by atoms with Gasteiger partial charge in [0.15, 0.2) is 0 Å². The van der Waals surface area contributed by atoms with E-state index >= 15 is 0 Å². The third kappa shape index (κ3) is 6.87. The Balaban J connectivity index is 1.48. The predicted octanol–water partition coefficient (Wildman–Crippen LogP) is 3.21. The smallest absolute Gasteiger partial charge is 0.243 e. The van der Waals surface area contributed by atoms with Crippen LogP contribution >= 0.6 is 15.9 Å². The van der Waals surface area contributed by atoms with Gasteiger partial charge in [0.2, 0.25) is 26.0 Å². The Bertz CT molecular complexity index is 1460. The first kappa shape index (κ1) is 28.4. The first-order valence-corrected chi connectivity index (χ1v) is 15.6. The molecule has 9 nitrogen and oxygen atoms in total. The van der Waals surface area contributed by atoms with Crippen molar-refractivity contribution in [3.63, 3.8) is 0 Å². The van der Waals surface area contributed by atoms with Crippen LogP contribution in [0.1, 0.15) is 5.56 Å². The lowest BCUT2D eigenvalue weighted by Crippen LogP contribution is -2.46. The second-order valence-electron chi connectivity index (χ2n) is 8.99. The van der Waals surface area contributed by atoms with Crippen molar-refractivity contribution in [2.45, 2.75) is 16.3 Å². The summed E-state index contributed by atoms with van der Waals surface area (Å²) in [6.07, 6.45) is 0. The van der Waals surface area contributed by atoms with Crippen molar-refractivity contribution in [2.75, 3.05) is 45.1 Å². The summed E-state index contributed by atoms with van der Waals surface area (Å²) >= 11 is 3.37. The fourth-order valence-electron chi connectivity index (χ4n) is 4.01. The van der Waals surface area contributed by atoms with Gasteiger partial charge < -0.3 is 10.2 Å². The molecule has 3 aromatic rings. The van der Waals surface area contributed by atoms with E-state index in [1.807, 2.05) is 7.05 Å². The number of amides is 1. The molecule has 0 radical (unpaired) electrons. The zero-order valence-corrected chi connectivity index (χ0v) is 24.0. The molecule has 1 saturated heterocycles. The highest BCUT2D eigenvalue weighted by Crippen LogP contribution is 2.22. The van der Waals surface area contributed by atoms with E-state index in [1.54, 1.807) is 42.5 Å². The van der Waals surface area contributed by atoms with Crippen LogP contribution in [0.4, 0.5) is 5.69 Å². The van der Waals surface area contributed by atoms with Crippen molar-refractivity contribution in [1.82, 2.24) is 13.5 Å². The Morgan fingerprint density at radius 2 is 1.45 bits per heavy atom. The van der Waals surface area contributed by atoms with Crippen LogP contribution < -0.4 is 5.32 Å². The van der Waals surface area contributed by atoms with E-state index in [0.717, 1.165) is 14.3 Å². The van der Waals surface area contributed by atoms with Gasteiger partial charge in [-0.3, -0.25) is 4.79 Å². The summed E-state index contributed by atoms with van der Waals surface area (Å²) in [7, 11) is -5.65. The molecule has 0 saturated carbocycles. The SMILES string of the molecule is CN1CCN(S(=O)(=O)c2ccc(NC(=O)CN(Cc3ccc(Br)cc3)S(=O)(=O)c3ccccc3)cc2)CC1. The Labute approximate surface area is 232 Å². The van der Waals surface area contributed by atoms with E-state index in [2.05, 4.69) is 26.1 Å². The molecular formula is C26H29BrN4O5S2. The number of carbonyl (C=O) groups is 1. The summed E-state index contributed by atoms with van der Waals surface area (Å²) in [6, 6.07) is 21.0. The summed E-state index contributed by atoms with van der Waals surface area (Å²) in [4.78, 5) is 15.3. The van der Waals surface area contributed by atoms with Crippen molar-refractivity contribution >= 4 is 47.6 Å². The van der Waals surface area contributed by atoms with Crippen molar-refractivity contribution in [3.05, 3.63) is 88.9 Å². The van der Waals surface area contributed by atoms with Gasteiger partial charge in [0.25, 0.3) is 0 Å². The normalized spacial score (nSPS) is 15.4. The zero-order valence-electron chi connectivity index (χ0n) is 20.8. The summed E-state index contributed by atoms with van der Waals surface area (Å²) in [5, 5.41) is 2.69. The Hall–Kier alpha value is -2.61. The fourth-order valence-corrected chi connectivity index (χ4v) is 7.10. The molecule has 4 rings (SSSR count). The molecule has 12 heteroatoms. The second-order valence-corrected chi connectivity index (χ2v) is 13.8. The number of nitrogens with zero attached hydrogens (tertiary/aromatic N) is 3. The van der Waals surface area contributed by atoms with Crippen LogP contribution in [0.3, 0.4) is 0 Å². The van der Waals surface area contributed by atoms with Crippen LogP contribution in [0.25, 0.3) is 0 Å². The lowest BCUT2D eigenvalue weighted by atomic mass is 10.2. The molecule has 0 atom stereocenters. The number of rotatable bonds is 9. The number of anilines is 1. The van der Waals surface area contributed by atoms with Gasteiger partial charge in [-0.2, -0.15) is 8.61 Å². The zero-order chi connectivity index (χ0) is 27.3. The van der Waals surface area contributed by atoms with E-state index in [9.17, 15) is 21.6 Å². The number of likely N-dealkylation sites (N-methyl/N-ethyl adjacent to an activating group) is 1. The monoisotopic (exact) mass is 620 g/mol. The van der Waals surface area contributed by atoms with Crippen LogP contribution in [0, 0.1) is 0 Å². The molecule has 0 bridgehead atoms. The standard InChI is InChI=1S/C26H29BrN4O5S2/c1-29-15-17-30(18-16-29)37(33,34)25-13-11-23(12-14-25)28-26(32)20-31(19-21-7-9-22(27)10-8-21)38(35,36)24-5-3-2-4-6-24/h2-14H,15-20H2,1H3,(H,28,32). The molecule has 1 N–H and O–H groups in total. The van der Waals surface area contributed by atoms with E-state index in [4.69, 9.17) is 0 Å². The average molecular weight is 622 g/mol. The molecule has 0 spiro atoms. The third-order valence-electron chi connectivity index (χ3n) is 6.21. The molecule has 1 aliphatic rings. The number of piperazine rings is 1. The number of halogens is 1. The number of hydrogen-bond acceptors (Lipinski definition) is 6. The predicted molar refractivity (Wildman–Crippen MR) is 150 cm³/mol. The van der Waals surface area contributed by atoms with Crippen LogP contribution in [0.15, 0.2) is 93.1 Å². The van der Waals surface area contributed by atoms with Gasteiger partial charge in [0, 0.05) is 42.9 Å². The Morgan fingerprint density at radius 3 is 2.05 bits per heavy atom. The molecule has 1 amide bonds. The largest absolute Gasteiger partial charge is 0.325 e. The molecular weight excluding hydrogens is 592 g/mol. The quantitative estimate of drug-likeness (QED) is 0.394. The van der Waals surface area contributed by atoms with Gasteiger partial charge in [0.1, 0.15) is 0 Å². The van der Waals surface area contributed by atoms with Gasteiger partial charge >= 0.3 is 0 Å². The summed E-state index contributed by atoms with van der Waals surface area (Å²) < 4.78 is 56.1. The van der Waals surface area contributed by atoms with E-state index in [-0.39, 0.29) is 16.3 Å². The highest BCUT2D eigenvalue weighted by atomic mass is 79.9. The van der Waals surface area contributed by atoms with Crippen LogP contribution in [-0.4, -0.2) is 76.0 Å². The maximum Gasteiger partial charge on any atom is 0.243 e. The molecule has 38 heavy (non-hydrogen) atoms. The van der Waals surface area contributed by atoms with Crippen LogP contribution in [0.2, 0.25) is 0 Å². The molecule has 3 aromatic carbocycles. The van der Waals surface area contributed by atoms with Gasteiger partial charge in [-0.1, -0.05) is 46.3 Å². The average Bonchev–Trinajstić information content (AvgIpc) is 2.90. The third-order valence-corrected chi connectivity index (χ3v) is 10.5. The minimum Gasteiger partial charge on any atom is -0.325 e. The first-order chi connectivity index (χ1) is 18.1. The first-order valence-electron chi connectivity index (χ1n) is 11.9. The van der Waals surface area contributed by atoms with Gasteiger partial charge in [-0.15, -0.1) is 0 Å². The number of sulfonamides is 2. The highest BCUT2D eigenvalue weighted by Gasteiger charge is 2.28. The van der Waals surface area contributed by atoms with Crippen molar-refractivity contribution in [3.8, 4) is 0 Å². The molecule has 202 valence electrons. The molecule has 1 aliphatic heterocycles. The molecule has 1 heterocycles. The van der Waals surface area contributed by atoms with Crippen LogP contribution in [0.5, 0.6) is 0 Å². The van der Waals surface area contributed by atoms with Gasteiger partial charge in [0.05, 0.1) is 16.3 Å². The maximum atomic E-state index is 13.4. The maximum absolute atomic E-state index is 13.4. The lowest BCUT2D eigenvalue weighted by molar-refractivity contribution is -0.116. The Kier molecular flexibility index (Phi) is 9.01. The fraction of sp³-hybridized carbons (Fsp3) is 0.269. The minimum absolute atomic E-state index is 0.000131. The van der Waals surface area contributed by atoms with Gasteiger partial charge in [-0.05, 0) is 61.1 Å². The van der Waals surface area contributed by atoms with Crippen molar-refractivity contribution in [1.29, 1.82) is 0 Å². The van der Waals surface area contributed by atoms with Crippen molar-refractivity contribution < 1.29 is 21.6 Å². The van der Waals surface area contributed by atoms with Crippen LogP contribution in [-0.2, 0) is 31.4 Å². The molecule has 0 unspecified atom stereocenters. The topological polar surface area (TPSA) is 107 Å². The Morgan fingerprint density at radius 1 is 0.842 bits per heavy atom. The number of nitrogens with one attached hydrogen (secondary N) is 1. The summed E-state index contributed by atoms with van der Waals surface area (Å²) in [6.45, 7) is 1.74. The number of hydrogen-bond donors (Lipinski definition) is 1. The highest BCUT2D eigenvalue weighted by molar-refractivity contribution is 9.10.